The third-order valence-electron chi connectivity index (χ3n) is 4.43. The Balaban J connectivity index is 2.14. The summed E-state index contributed by atoms with van der Waals surface area (Å²) in [6.07, 6.45) is 8.79. The van der Waals surface area contributed by atoms with Crippen molar-refractivity contribution in [1.29, 1.82) is 0 Å². The maximum atomic E-state index is 12.6. The standard InChI is InChI=1S/C20H33N3O3Si/c1-8-16-14-21-18(23(16)15-25-12-13-27(5,6)7)17-10-9-11-22(17)19(24)26-20(2,3)4/h1,14,17H,9-13,15H2,2-7H3/t17-/m0/s1. The van der Waals surface area contributed by atoms with Gasteiger partial charge in [0, 0.05) is 21.2 Å². The lowest BCUT2D eigenvalue weighted by Gasteiger charge is -2.28. The maximum Gasteiger partial charge on any atom is 0.410 e. The molecular weight excluding hydrogens is 358 g/mol. The molecule has 1 fully saturated rings. The Morgan fingerprint density at radius 3 is 2.70 bits per heavy atom. The summed E-state index contributed by atoms with van der Waals surface area (Å²) in [5.41, 5.74) is 0.151. The van der Waals surface area contributed by atoms with E-state index in [9.17, 15) is 4.79 Å². The van der Waals surface area contributed by atoms with Crippen molar-refractivity contribution in [2.24, 2.45) is 0 Å². The van der Waals surface area contributed by atoms with Crippen molar-refractivity contribution >= 4 is 14.2 Å². The Labute approximate surface area is 164 Å². The number of hydrogen-bond donors (Lipinski definition) is 0. The number of terminal acetylenes is 1. The number of aromatic nitrogens is 2. The van der Waals surface area contributed by atoms with Crippen molar-refractivity contribution in [3.05, 3.63) is 17.7 Å². The third-order valence-corrected chi connectivity index (χ3v) is 6.13. The first-order valence-corrected chi connectivity index (χ1v) is 13.3. The van der Waals surface area contributed by atoms with E-state index in [2.05, 4.69) is 30.5 Å². The Bertz CT molecular complexity index is 695. The molecule has 1 amide bonds. The zero-order valence-corrected chi connectivity index (χ0v) is 18.5. The van der Waals surface area contributed by atoms with Crippen LogP contribution in [-0.2, 0) is 16.2 Å². The minimum absolute atomic E-state index is 0.137. The highest BCUT2D eigenvalue weighted by molar-refractivity contribution is 6.76. The smallest absolute Gasteiger partial charge is 0.410 e. The summed E-state index contributed by atoms with van der Waals surface area (Å²) in [6, 6.07) is 0.957. The molecule has 0 aromatic carbocycles. The second-order valence-corrected chi connectivity index (χ2v) is 14.9. The van der Waals surface area contributed by atoms with Crippen LogP contribution < -0.4 is 0 Å². The van der Waals surface area contributed by atoms with Crippen LogP contribution in [0.1, 0.15) is 51.2 Å². The lowest BCUT2D eigenvalue weighted by atomic mass is 10.2. The van der Waals surface area contributed by atoms with Crippen molar-refractivity contribution in [3.63, 3.8) is 0 Å². The van der Waals surface area contributed by atoms with Crippen molar-refractivity contribution < 1.29 is 14.3 Å². The lowest BCUT2D eigenvalue weighted by molar-refractivity contribution is 0.0204. The number of carbonyl (C=O) groups excluding carboxylic acids is 1. The summed E-state index contributed by atoms with van der Waals surface area (Å²) in [5, 5.41) is 0. The predicted octanol–water partition coefficient (Wildman–Crippen LogP) is 4.25. The molecule has 0 bridgehead atoms. The van der Waals surface area contributed by atoms with Crippen LogP contribution in [0.3, 0.4) is 0 Å². The minimum atomic E-state index is -1.15. The van der Waals surface area contributed by atoms with Gasteiger partial charge in [-0.15, -0.1) is 6.42 Å². The van der Waals surface area contributed by atoms with Crippen molar-refractivity contribution in [2.75, 3.05) is 13.2 Å². The molecule has 0 unspecified atom stereocenters. The van der Waals surface area contributed by atoms with Gasteiger partial charge in [-0.2, -0.15) is 0 Å². The van der Waals surface area contributed by atoms with Crippen molar-refractivity contribution in [2.45, 2.75) is 77.7 Å². The molecule has 150 valence electrons. The molecule has 1 saturated heterocycles. The van der Waals surface area contributed by atoms with Gasteiger partial charge in [0.25, 0.3) is 0 Å². The van der Waals surface area contributed by atoms with E-state index >= 15 is 0 Å². The number of ether oxygens (including phenoxy) is 2. The highest BCUT2D eigenvalue weighted by Crippen LogP contribution is 2.33. The molecule has 7 heteroatoms. The summed E-state index contributed by atoms with van der Waals surface area (Å²) >= 11 is 0. The van der Waals surface area contributed by atoms with Crippen LogP contribution in [0.4, 0.5) is 4.79 Å². The topological polar surface area (TPSA) is 56.6 Å². The van der Waals surface area contributed by atoms with Gasteiger partial charge < -0.3 is 9.47 Å². The van der Waals surface area contributed by atoms with Crippen molar-refractivity contribution in [3.8, 4) is 12.3 Å². The molecule has 6 nitrogen and oxygen atoms in total. The molecule has 1 aliphatic heterocycles. The molecular formula is C20H33N3O3Si. The number of imidazole rings is 1. The summed E-state index contributed by atoms with van der Waals surface area (Å²) in [5.74, 6) is 3.45. The van der Waals surface area contributed by atoms with E-state index in [4.69, 9.17) is 15.9 Å². The normalized spacial score (nSPS) is 17.8. The molecule has 0 spiro atoms. The second kappa shape index (κ2) is 8.49. The zero-order valence-electron chi connectivity index (χ0n) is 17.5. The van der Waals surface area contributed by atoms with E-state index in [1.54, 1.807) is 11.1 Å². The predicted molar refractivity (Wildman–Crippen MR) is 109 cm³/mol. The van der Waals surface area contributed by atoms with E-state index in [-0.39, 0.29) is 12.1 Å². The molecule has 0 radical (unpaired) electrons. The molecule has 1 aliphatic rings. The third kappa shape index (κ3) is 6.11. The summed E-state index contributed by atoms with van der Waals surface area (Å²) in [6.45, 7) is 14.3. The summed E-state index contributed by atoms with van der Waals surface area (Å²) in [4.78, 5) is 18.9. The van der Waals surface area contributed by atoms with Gasteiger partial charge in [0.1, 0.15) is 23.9 Å². The van der Waals surface area contributed by atoms with Gasteiger partial charge >= 0.3 is 6.09 Å². The van der Waals surface area contributed by atoms with Gasteiger partial charge in [-0.3, -0.25) is 9.47 Å². The van der Waals surface area contributed by atoms with Gasteiger partial charge in [0.15, 0.2) is 0 Å². The number of carbonyl (C=O) groups is 1. The summed E-state index contributed by atoms with van der Waals surface area (Å²) < 4.78 is 13.4. The molecule has 1 aromatic heterocycles. The van der Waals surface area contributed by atoms with Crippen LogP contribution in [0.2, 0.25) is 25.7 Å². The fourth-order valence-corrected chi connectivity index (χ4v) is 3.77. The van der Waals surface area contributed by atoms with Crippen LogP contribution in [-0.4, -0.2) is 47.4 Å². The number of hydrogen-bond acceptors (Lipinski definition) is 4. The van der Waals surface area contributed by atoms with Crippen molar-refractivity contribution in [1.82, 2.24) is 14.5 Å². The Kier molecular flexibility index (Phi) is 6.76. The molecule has 1 aromatic rings. The van der Waals surface area contributed by atoms with E-state index in [0.29, 0.717) is 25.6 Å². The number of likely N-dealkylation sites (tertiary alicyclic amines) is 1. The van der Waals surface area contributed by atoms with E-state index < -0.39 is 13.7 Å². The van der Waals surface area contributed by atoms with Crippen LogP contribution in [0.15, 0.2) is 6.20 Å². The second-order valence-electron chi connectivity index (χ2n) is 9.25. The molecule has 0 saturated carbocycles. The number of amides is 1. The fourth-order valence-electron chi connectivity index (χ4n) is 3.02. The van der Waals surface area contributed by atoms with Gasteiger partial charge in [0.2, 0.25) is 0 Å². The van der Waals surface area contributed by atoms with Crippen LogP contribution in [0.5, 0.6) is 0 Å². The largest absolute Gasteiger partial charge is 0.444 e. The minimum Gasteiger partial charge on any atom is -0.444 e. The van der Waals surface area contributed by atoms with Crippen LogP contribution in [0.25, 0.3) is 0 Å². The number of rotatable bonds is 6. The maximum absolute atomic E-state index is 12.6. The highest BCUT2D eigenvalue weighted by atomic mass is 28.3. The van der Waals surface area contributed by atoms with Gasteiger partial charge in [-0.25, -0.2) is 9.78 Å². The Morgan fingerprint density at radius 1 is 1.41 bits per heavy atom. The quantitative estimate of drug-likeness (QED) is 0.413. The van der Waals surface area contributed by atoms with Gasteiger partial charge in [0.05, 0.1) is 12.2 Å². The van der Waals surface area contributed by atoms with E-state index in [1.807, 2.05) is 25.3 Å². The Hall–Kier alpha value is -1.78. The average Bonchev–Trinajstić information content (AvgIpc) is 3.15. The molecule has 2 heterocycles. The number of nitrogens with zero attached hydrogens (tertiary/aromatic N) is 3. The molecule has 27 heavy (non-hydrogen) atoms. The zero-order chi connectivity index (χ0) is 20.2. The van der Waals surface area contributed by atoms with Gasteiger partial charge in [-0.05, 0) is 39.7 Å². The highest BCUT2D eigenvalue weighted by Gasteiger charge is 2.36. The monoisotopic (exact) mass is 391 g/mol. The first kappa shape index (κ1) is 21.5. The van der Waals surface area contributed by atoms with E-state index in [0.717, 1.165) is 24.7 Å². The summed E-state index contributed by atoms with van der Waals surface area (Å²) in [7, 11) is -1.15. The van der Waals surface area contributed by atoms with Gasteiger partial charge in [-0.1, -0.05) is 25.6 Å². The SMILES string of the molecule is C#Cc1cnc([C@@H]2CCCN2C(=O)OC(C)(C)C)n1COCC[Si](C)(C)C. The first-order chi connectivity index (χ1) is 12.5. The Morgan fingerprint density at radius 2 is 2.11 bits per heavy atom. The van der Waals surface area contributed by atoms with Crippen LogP contribution in [0, 0.1) is 12.3 Å². The first-order valence-electron chi connectivity index (χ1n) is 9.61. The fraction of sp³-hybridized carbons (Fsp3) is 0.700. The molecule has 0 aliphatic carbocycles. The lowest BCUT2D eigenvalue weighted by Crippen LogP contribution is -2.37. The molecule has 0 N–H and O–H groups in total. The van der Waals surface area contributed by atoms with E-state index in [1.165, 1.54) is 0 Å². The average molecular weight is 392 g/mol. The molecule has 1 atom stereocenters. The van der Waals surface area contributed by atoms with Crippen LogP contribution >= 0.6 is 0 Å². The molecule has 2 rings (SSSR count).